The van der Waals surface area contributed by atoms with Gasteiger partial charge in [0.15, 0.2) is 0 Å². The predicted molar refractivity (Wildman–Crippen MR) is 58.9 cm³/mol. The maximum atomic E-state index is 11.6. The average molecular weight is 219 g/mol. The van der Waals surface area contributed by atoms with E-state index in [9.17, 15) is 4.79 Å². The summed E-state index contributed by atoms with van der Waals surface area (Å²) in [5.74, 6) is -0.265. The number of unbranched alkanes of at least 4 members (excludes halogenated alkanes) is 1. The average Bonchev–Trinajstić information content (AvgIpc) is 2.76. The van der Waals surface area contributed by atoms with E-state index < -0.39 is 0 Å². The fourth-order valence-corrected chi connectivity index (χ4v) is 1.45. The van der Waals surface area contributed by atoms with E-state index in [0.717, 1.165) is 24.3 Å². The fraction of sp³-hybridized carbons (Fsp3) is 0.455. The fourth-order valence-electron chi connectivity index (χ4n) is 1.45. The molecule has 84 valence electrons. The largest absolute Gasteiger partial charge is 0.462 e. The van der Waals surface area contributed by atoms with Crippen LogP contribution in [0.25, 0.3) is 0 Å². The monoisotopic (exact) mass is 219 g/mol. The van der Waals surface area contributed by atoms with Gasteiger partial charge in [0, 0.05) is 12.0 Å². The summed E-state index contributed by atoms with van der Waals surface area (Å²) >= 11 is 0. The summed E-state index contributed by atoms with van der Waals surface area (Å²) in [6.07, 6.45) is 5.85. The van der Waals surface area contributed by atoms with E-state index in [2.05, 4.69) is 22.4 Å². The van der Waals surface area contributed by atoms with E-state index >= 15 is 0 Å². The molecule has 1 aliphatic heterocycles. The molecule has 2 rings (SSSR count). The normalized spacial score (nSPS) is 17.4. The molecule has 0 radical (unpaired) electrons. The second-order valence-electron chi connectivity index (χ2n) is 3.65. The Labute approximate surface area is 93.6 Å². The van der Waals surface area contributed by atoms with Gasteiger partial charge in [-0.05, 0) is 23.8 Å². The molecule has 0 saturated carbocycles. The Kier molecular flexibility index (Phi) is 3.24. The zero-order valence-electron chi connectivity index (χ0n) is 9.14. The molecule has 0 fully saturated rings. The lowest BCUT2D eigenvalue weighted by atomic mass is 10.0. The van der Waals surface area contributed by atoms with Crippen molar-refractivity contribution in [3.8, 4) is 0 Å². The van der Waals surface area contributed by atoms with Crippen LogP contribution in [-0.2, 0) is 9.53 Å². The molecule has 0 unspecified atom stereocenters. The number of nitrogens with zero attached hydrogens (tertiary/aromatic N) is 3. The molecule has 0 spiro atoms. The number of hydrogen-bond donors (Lipinski definition) is 0. The van der Waals surface area contributed by atoms with E-state index in [1.807, 2.05) is 0 Å². The van der Waals surface area contributed by atoms with Crippen LogP contribution in [0.1, 0.15) is 26.2 Å². The molecule has 2 aliphatic rings. The number of hydrogen-bond acceptors (Lipinski definition) is 5. The Hall–Kier alpha value is -1.78. The summed E-state index contributed by atoms with van der Waals surface area (Å²) in [6, 6.07) is 0. The Morgan fingerprint density at radius 1 is 1.50 bits per heavy atom. The highest BCUT2D eigenvalue weighted by atomic mass is 16.5. The number of ether oxygens (including phenoxy) is 1. The molecule has 1 heterocycles. The van der Waals surface area contributed by atoms with Gasteiger partial charge in [-0.15, -0.1) is 10.2 Å². The molecule has 0 aromatic carbocycles. The smallest absolute Gasteiger partial charge is 0.334 e. The van der Waals surface area contributed by atoms with Crippen molar-refractivity contribution < 1.29 is 9.53 Å². The molecule has 0 amide bonds. The third-order valence-corrected chi connectivity index (χ3v) is 2.41. The van der Waals surface area contributed by atoms with Crippen LogP contribution >= 0.6 is 0 Å². The highest BCUT2D eigenvalue weighted by Gasteiger charge is 2.22. The van der Waals surface area contributed by atoms with Gasteiger partial charge in [-0.1, -0.05) is 13.3 Å². The number of esters is 1. The molecule has 0 saturated heterocycles. The molecule has 5 nitrogen and oxygen atoms in total. The maximum absolute atomic E-state index is 11.6. The van der Waals surface area contributed by atoms with Crippen LogP contribution in [0.2, 0.25) is 0 Å². The number of fused-ring (bicyclic) bond motifs is 1. The molecule has 5 heteroatoms. The Bertz CT molecular complexity index is 419. The first-order valence-electron chi connectivity index (χ1n) is 5.37. The van der Waals surface area contributed by atoms with Crippen LogP contribution in [0.3, 0.4) is 0 Å². The van der Waals surface area contributed by atoms with Gasteiger partial charge in [0.05, 0.1) is 12.3 Å². The summed E-state index contributed by atoms with van der Waals surface area (Å²) in [5, 5.41) is 11.2. The summed E-state index contributed by atoms with van der Waals surface area (Å²) in [7, 11) is 0. The first kappa shape index (κ1) is 10.7. The SMILES string of the molecule is CCCCOC(=O)C1=CC=C2N=NN=C2C1. The van der Waals surface area contributed by atoms with E-state index in [1.165, 1.54) is 0 Å². The van der Waals surface area contributed by atoms with Gasteiger partial charge in [-0.3, -0.25) is 0 Å². The first-order valence-corrected chi connectivity index (χ1v) is 5.37. The molecular weight excluding hydrogens is 206 g/mol. The van der Waals surface area contributed by atoms with Crippen LogP contribution in [0, 0.1) is 0 Å². The van der Waals surface area contributed by atoms with Crippen LogP contribution in [-0.4, -0.2) is 18.3 Å². The number of rotatable bonds is 4. The topological polar surface area (TPSA) is 63.4 Å². The predicted octanol–water partition coefficient (Wildman–Crippen LogP) is 2.37. The van der Waals surface area contributed by atoms with Gasteiger partial charge in [0.2, 0.25) is 0 Å². The second-order valence-corrected chi connectivity index (χ2v) is 3.65. The minimum Gasteiger partial charge on any atom is -0.462 e. The van der Waals surface area contributed by atoms with E-state index in [1.54, 1.807) is 12.2 Å². The van der Waals surface area contributed by atoms with Crippen molar-refractivity contribution in [2.75, 3.05) is 6.61 Å². The Morgan fingerprint density at radius 2 is 2.38 bits per heavy atom. The van der Waals surface area contributed by atoms with E-state index in [4.69, 9.17) is 4.74 Å². The lowest BCUT2D eigenvalue weighted by Gasteiger charge is -2.10. The lowest BCUT2D eigenvalue weighted by molar-refractivity contribution is -0.139. The van der Waals surface area contributed by atoms with Crippen molar-refractivity contribution in [2.24, 2.45) is 15.4 Å². The van der Waals surface area contributed by atoms with Gasteiger partial charge in [-0.25, -0.2) is 4.79 Å². The van der Waals surface area contributed by atoms with E-state index in [-0.39, 0.29) is 5.97 Å². The first-order chi connectivity index (χ1) is 7.81. The molecule has 0 aromatic heterocycles. The molecule has 1 aliphatic carbocycles. The van der Waals surface area contributed by atoms with Crippen LogP contribution in [0.4, 0.5) is 0 Å². The third kappa shape index (κ3) is 2.24. The molecule has 0 N–H and O–H groups in total. The van der Waals surface area contributed by atoms with E-state index in [0.29, 0.717) is 18.6 Å². The number of carbonyl (C=O) groups excluding carboxylic acids is 1. The van der Waals surface area contributed by atoms with Gasteiger partial charge < -0.3 is 4.74 Å². The lowest BCUT2D eigenvalue weighted by Crippen LogP contribution is -2.14. The van der Waals surface area contributed by atoms with Crippen LogP contribution in [0.5, 0.6) is 0 Å². The minimum atomic E-state index is -0.265. The van der Waals surface area contributed by atoms with Crippen molar-refractivity contribution >= 4 is 11.7 Å². The van der Waals surface area contributed by atoms with Gasteiger partial charge in [0.25, 0.3) is 0 Å². The third-order valence-electron chi connectivity index (χ3n) is 2.41. The van der Waals surface area contributed by atoms with Gasteiger partial charge in [0.1, 0.15) is 5.70 Å². The molecule has 0 bridgehead atoms. The number of carbonyl (C=O) groups is 1. The summed E-state index contributed by atoms with van der Waals surface area (Å²) in [4.78, 5) is 11.6. The van der Waals surface area contributed by atoms with Gasteiger partial charge in [-0.2, -0.15) is 0 Å². The zero-order valence-corrected chi connectivity index (χ0v) is 9.14. The van der Waals surface area contributed by atoms with Crippen LogP contribution in [0.15, 0.2) is 38.9 Å². The van der Waals surface area contributed by atoms with Crippen molar-refractivity contribution in [3.05, 3.63) is 23.4 Å². The van der Waals surface area contributed by atoms with Crippen molar-refractivity contribution in [3.63, 3.8) is 0 Å². The van der Waals surface area contributed by atoms with Crippen LogP contribution < -0.4 is 0 Å². The highest BCUT2D eigenvalue weighted by molar-refractivity contribution is 6.08. The second kappa shape index (κ2) is 4.83. The molecule has 0 aromatic rings. The molecule has 0 atom stereocenters. The summed E-state index contributed by atoms with van der Waals surface area (Å²) in [5.41, 5.74) is 2.10. The summed E-state index contributed by atoms with van der Waals surface area (Å²) in [6.45, 7) is 2.53. The zero-order chi connectivity index (χ0) is 11.4. The van der Waals surface area contributed by atoms with Gasteiger partial charge >= 0.3 is 5.97 Å². The van der Waals surface area contributed by atoms with Crippen molar-refractivity contribution in [1.29, 1.82) is 0 Å². The Balaban J connectivity index is 1.94. The highest BCUT2D eigenvalue weighted by Crippen LogP contribution is 2.22. The molecular formula is C11H13N3O2. The van der Waals surface area contributed by atoms with Crippen molar-refractivity contribution in [2.45, 2.75) is 26.2 Å². The maximum Gasteiger partial charge on any atom is 0.334 e. The standard InChI is InChI=1S/C11H13N3O2/c1-2-3-6-16-11(15)8-4-5-9-10(7-8)13-14-12-9/h4-5H,2-3,6-7H2,1H3. The molecule has 16 heavy (non-hydrogen) atoms. The summed E-state index contributed by atoms with van der Waals surface area (Å²) < 4.78 is 5.12. The number of allylic oxidation sites excluding steroid dienone is 3. The Morgan fingerprint density at radius 3 is 3.19 bits per heavy atom. The minimum absolute atomic E-state index is 0.265. The van der Waals surface area contributed by atoms with Crippen molar-refractivity contribution in [1.82, 2.24) is 0 Å². The quantitative estimate of drug-likeness (QED) is 0.538.